The summed E-state index contributed by atoms with van der Waals surface area (Å²) in [5.41, 5.74) is 4.45. The summed E-state index contributed by atoms with van der Waals surface area (Å²) in [6.45, 7) is 2.10. The van der Waals surface area contributed by atoms with Gasteiger partial charge in [0.1, 0.15) is 0 Å². The van der Waals surface area contributed by atoms with Gasteiger partial charge >= 0.3 is 5.97 Å². The van der Waals surface area contributed by atoms with E-state index in [0.29, 0.717) is 5.56 Å². The highest BCUT2D eigenvalue weighted by atomic mass is 33.1. The first-order valence-corrected chi connectivity index (χ1v) is 9.15. The Hall–Kier alpha value is -1.39. The van der Waals surface area contributed by atoms with Crippen molar-refractivity contribution in [3.63, 3.8) is 0 Å². The second-order valence-corrected chi connectivity index (χ2v) is 7.16. The van der Waals surface area contributed by atoms with Gasteiger partial charge in [-0.3, -0.25) is 0 Å². The number of esters is 1. The molecule has 0 aliphatic rings. The number of rotatable bonds is 6. The highest BCUT2D eigenvalue weighted by Crippen LogP contribution is 2.29. The van der Waals surface area contributed by atoms with E-state index >= 15 is 0 Å². The van der Waals surface area contributed by atoms with E-state index in [1.54, 1.807) is 0 Å². The molecule has 0 saturated heterocycles. The number of hydrogen-bond donors (Lipinski definition) is 0. The van der Waals surface area contributed by atoms with E-state index < -0.39 is 0 Å². The molecule has 0 atom stereocenters. The summed E-state index contributed by atoms with van der Waals surface area (Å²) in [5.74, 6) is 1.64. The Morgan fingerprint density at radius 1 is 0.905 bits per heavy atom. The van der Waals surface area contributed by atoms with Gasteiger partial charge in [0.25, 0.3) is 0 Å². The van der Waals surface area contributed by atoms with Crippen molar-refractivity contribution in [2.75, 3.05) is 7.11 Å². The quantitative estimate of drug-likeness (QED) is 0.431. The van der Waals surface area contributed by atoms with Crippen molar-refractivity contribution < 1.29 is 9.53 Å². The lowest BCUT2D eigenvalue weighted by Gasteiger charge is -2.04. The summed E-state index contributed by atoms with van der Waals surface area (Å²) >= 11 is 0. The summed E-state index contributed by atoms with van der Waals surface area (Å²) < 4.78 is 4.68. The fraction of sp³-hybridized carbons (Fsp3) is 0.235. The third-order valence-corrected chi connectivity index (χ3v) is 5.31. The highest BCUT2D eigenvalue weighted by molar-refractivity contribution is 8.76. The van der Waals surface area contributed by atoms with Crippen molar-refractivity contribution in [2.45, 2.75) is 18.4 Å². The molecule has 0 N–H and O–H groups in total. The van der Waals surface area contributed by atoms with Crippen LogP contribution in [0, 0.1) is 6.92 Å². The molecule has 2 nitrogen and oxygen atoms in total. The Kier molecular flexibility index (Phi) is 6.21. The lowest BCUT2D eigenvalue weighted by molar-refractivity contribution is 0.0600. The molecule has 0 fully saturated rings. The third-order valence-electron chi connectivity index (χ3n) is 3.03. The van der Waals surface area contributed by atoms with E-state index in [1.165, 1.54) is 23.8 Å². The Balaban J connectivity index is 1.75. The summed E-state index contributed by atoms with van der Waals surface area (Å²) in [6.07, 6.45) is 0. The monoisotopic (exact) mass is 318 g/mol. The molecular weight excluding hydrogens is 300 g/mol. The maximum atomic E-state index is 11.3. The van der Waals surface area contributed by atoms with Gasteiger partial charge in [-0.15, -0.1) is 0 Å². The van der Waals surface area contributed by atoms with Crippen molar-refractivity contribution in [1.29, 1.82) is 0 Å². The second kappa shape index (κ2) is 8.15. The summed E-state index contributed by atoms with van der Waals surface area (Å²) in [7, 11) is 5.07. The van der Waals surface area contributed by atoms with Gasteiger partial charge in [0.15, 0.2) is 0 Å². The number of carbonyl (C=O) groups is 1. The van der Waals surface area contributed by atoms with E-state index in [-0.39, 0.29) is 5.97 Å². The van der Waals surface area contributed by atoms with Gasteiger partial charge in [-0.2, -0.15) is 0 Å². The van der Waals surface area contributed by atoms with Crippen LogP contribution in [-0.2, 0) is 16.2 Å². The molecule has 4 heteroatoms. The Labute approximate surface area is 133 Å². The molecule has 110 valence electrons. The molecule has 0 aromatic heterocycles. The average molecular weight is 318 g/mol. The summed E-state index contributed by atoms with van der Waals surface area (Å²) in [4.78, 5) is 11.3. The van der Waals surface area contributed by atoms with Crippen molar-refractivity contribution in [3.8, 4) is 0 Å². The van der Waals surface area contributed by atoms with Crippen LogP contribution in [-0.4, -0.2) is 13.1 Å². The summed E-state index contributed by atoms with van der Waals surface area (Å²) in [6, 6.07) is 16.2. The second-order valence-electron chi connectivity index (χ2n) is 4.70. The molecule has 2 aromatic carbocycles. The van der Waals surface area contributed by atoms with E-state index in [2.05, 4.69) is 35.9 Å². The molecule has 21 heavy (non-hydrogen) atoms. The van der Waals surface area contributed by atoms with Crippen molar-refractivity contribution in [1.82, 2.24) is 0 Å². The lowest BCUT2D eigenvalue weighted by atomic mass is 10.1. The molecule has 0 aliphatic carbocycles. The zero-order chi connectivity index (χ0) is 15.1. The first-order chi connectivity index (χ1) is 10.2. The van der Waals surface area contributed by atoms with E-state index in [9.17, 15) is 4.79 Å². The SMILES string of the molecule is COC(=O)c1ccc(CSSCc2ccc(C)cc2)cc1. The standard InChI is InChI=1S/C17H18O2S2/c1-13-3-5-14(6-4-13)11-20-21-12-15-7-9-16(10-8-15)17(18)19-2/h3-10H,11-12H2,1-2H3. The predicted molar refractivity (Wildman–Crippen MR) is 91.6 cm³/mol. The molecule has 0 unspecified atom stereocenters. The molecule has 0 bridgehead atoms. The smallest absolute Gasteiger partial charge is 0.337 e. The maximum absolute atomic E-state index is 11.3. The minimum absolute atomic E-state index is 0.289. The van der Waals surface area contributed by atoms with E-state index in [1.807, 2.05) is 45.9 Å². The Morgan fingerprint density at radius 2 is 1.38 bits per heavy atom. The fourth-order valence-electron chi connectivity index (χ4n) is 1.76. The normalized spacial score (nSPS) is 10.4. The molecule has 0 spiro atoms. The van der Waals surface area contributed by atoms with Crippen LogP contribution >= 0.6 is 21.6 Å². The van der Waals surface area contributed by atoms with Crippen molar-refractivity contribution in [3.05, 3.63) is 70.8 Å². The minimum atomic E-state index is -0.289. The number of methoxy groups -OCH3 is 1. The van der Waals surface area contributed by atoms with Gasteiger partial charge in [0.05, 0.1) is 12.7 Å². The van der Waals surface area contributed by atoms with Crippen LogP contribution in [0.1, 0.15) is 27.0 Å². The van der Waals surface area contributed by atoms with Gasteiger partial charge in [0.2, 0.25) is 0 Å². The topological polar surface area (TPSA) is 26.3 Å². The molecule has 0 amide bonds. The fourth-order valence-corrected chi connectivity index (χ4v) is 3.90. The minimum Gasteiger partial charge on any atom is -0.465 e. The number of hydrogen-bond acceptors (Lipinski definition) is 4. The average Bonchev–Trinajstić information content (AvgIpc) is 2.53. The maximum Gasteiger partial charge on any atom is 0.337 e. The van der Waals surface area contributed by atoms with Crippen LogP contribution < -0.4 is 0 Å². The van der Waals surface area contributed by atoms with Crippen LogP contribution in [0.2, 0.25) is 0 Å². The van der Waals surface area contributed by atoms with Gasteiger partial charge in [-0.25, -0.2) is 4.79 Å². The molecule has 0 radical (unpaired) electrons. The van der Waals surface area contributed by atoms with Gasteiger partial charge in [0, 0.05) is 11.5 Å². The Morgan fingerprint density at radius 3 is 1.86 bits per heavy atom. The van der Waals surface area contributed by atoms with Crippen LogP contribution in [0.15, 0.2) is 48.5 Å². The number of ether oxygens (including phenoxy) is 1. The van der Waals surface area contributed by atoms with Crippen LogP contribution in [0.5, 0.6) is 0 Å². The predicted octanol–water partition coefficient (Wildman–Crippen LogP) is 4.86. The molecule has 0 saturated carbocycles. The number of aryl methyl sites for hydroxylation is 1. The highest BCUT2D eigenvalue weighted by Gasteiger charge is 2.04. The largest absolute Gasteiger partial charge is 0.465 e. The Bertz CT molecular complexity index is 577. The molecule has 2 aromatic rings. The molecule has 0 aliphatic heterocycles. The van der Waals surface area contributed by atoms with Gasteiger partial charge in [-0.05, 0) is 30.2 Å². The van der Waals surface area contributed by atoms with E-state index in [0.717, 1.165) is 11.5 Å². The third kappa shape index (κ3) is 5.14. The zero-order valence-corrected chi connectivity index (χ0v) is 13.8. The zero-order valence-electron chi connectivity index (χ0n) is 12.2. The van der Waals surface area contributed by atoms with Gasteiger partial charge < -0.3 is 4.74 Å². The summed E-state index contributed by atoms with van der Waals surface area (Å²) in [5, 5.41) is 0. The van der Waals surface area contributed by atoms with Crippen LogP contribution in [0.4, 0.5) is 0 Å². The number of benzene rings is 2. The van der Waals surface area contributed by atoms with Crippen molar-refractivity contribution in [2.24, 2.45) is 0 Å². The van der Waals surface area contributed by atoms with E-state index in [4.69, 9.17) is 0 Å². The molecule has 0 heterocycles. The van der Waals surface area contributed by atoms with Crippen molar-refractivity contribution >= 4 is 27.6 Å². The first kappa shape index (κ1) is 16.0. The molecular formula is C17H18O2S2. The van der Waals surface area contributed by atoms with Gasteiger partial charge in [-0.1, -0.05) is 63.5 Å². The lowest BCUT2D eigenvalue weighted by Crippen LogP contribution is -2.00. The van der Waals surface area contributed by atoms with Crippen LogP contribution in [0.3, 0.4) is 0 Å². The number of carbonyl (C=O) groups excluding carboxylic acids is 1. The molecule has 2 rings (SSSR count). The first-order valence-electron chi connectivity index (χ1n) is 6.66. The van der Waals surface area contributed by atoms with Crippen LogP contribution in [0.25, 0.3) is 0 Å².